The van der Waals surface area contributed by atoms with Crippen LogP contribution in [0.25, 0.3) is 5.03 Å². The Hall–Kier alpha value is -1.28. The Balaban J connectivity index is 2.84. The highest BCUT2D eigenvalue weighted by Crippen LogP contribution is 2.19. The molecule has 0 bridgehead atoms. The smallest absolute Gasteiger partial charge is 0.332 e. The van der Waals surface area contributed by atoms with Crippen LogP contribution in [0.2, 0.25) is 0 Å². The van der Waals surface area contributed by atoms with Gasteiger partial charge in [0.25, 0.3) is 0 Å². The normalized spacial score (nSPS) is 11.3. The number of halogens is 1. The maximum atomic E-state index is 11.1. The highest BCUT2D eigenvalue weighted by atomic mass is 35.5. The van der Waals surface area contributed by atoms with Gasteiger partial charge in [0.1, 0.15) is 0 Å². The molecule has 0 N–H and O–H groups in total. The summed E-state index contributed by atoms with van der Waals surface area (Å²) in [6, 6.07) is 7.63. The molecule has 0 unspecified atom stereocenters. The van der Waals surface area contributed by atoms with Crippen molar-refractivity contribution in [2.75, 3.05) is 6.61 Å². The van der Waals surface area contributed by atoms with Crippen LogP contribution in [0.3, 0.4) is 0 Å². The van der Waals surface area contributed by atoms with Crippen molar-refractivity contribution in [1.82, 2.24) is 0 Å². The molecule has 0 aliphatic carbocycles. The summed E-state index contributed by atoms with van der Waals surface area (Å²) < 4.78 is 4.76. The highest BCUT2D eigenvalue weighted by molar-refractivity contribution is 6.50. The van der Waals surface area contributed by atoms with Gasteiger partial charge in [-0.25, -0.2) is 4.79 Å². The molecule has 1 aromatic rings. The maximum Gasteiger partial charge on any atom is 0.332 e. The average molecular weight is 225 g/mol. The van der Waals surface area contributed by atoms with E-state index in [1.165, 1.54) is 6.08 Å². The fourth-order valence-electron chi connectivity index (χ4n) is 1.16. The fraction of sp³-hybridized carbons (Fsp3) is 0.250. The summed E-state index contributed by atoms with van der Waals surface area (Å²) in [6.07, 6.45) is 1.29. The van der Waals surface area contributed by atoms with Gasteiger partial charge in [-0.1, -0.05) is 41.4 Å². The van der Waals surface area contributed by atoms with E-state index in [1.807, 2.05) is 31.2 Å². The van der Waals surface area contributed by atoms with Crippen molar-refractivity contribution in [3.63, 3.8) is 0 Å². The third kappa shape index (κ3) is 3.76. The molecular weight excluding hydrogens is 212 g/mol. The Morgan fingerprint density at radius 3 is 2.87 bits per heavy atom. The minimum absolute atomic E-state index is 0.354. The zero-order valence-electron chi connectivity index (χ0n) is 8.79. The number of benzene rings is 1. The third-order valence-electron chi connectivity index (χ3n) is 1.83. The van der Waals surface area contributed by atoms with Crippen molar-refractivity contribution in [3.8, 4) is 0 Å². The van der Waals surface area contributed by atoms with E-state index in [0.717, 1.165) is 11.1 Å². The number of ether oxygens (including phenoxy) is 1. The standard InChI is InChI=1S/C12H13ClO2/c1-3-15-12(14)8-11(13)10-6-4-5-9(2)7-10/h4-8H,3H2,1-2H3. The van der Waals surface area contributed by atoms with Crippen LogP contribution < -0.4 is 0 Å². The van der Waals surface area contributed by atoms with E-state index in [4.69, 9.17) is 16.3 Å². The largest absolute Gasteiger partial charge is 0.463 e. The number of carbonyl (C=O) groups excluding carboxylic acids is 1. The van der Waals surface area contributed by atoms with Crippen molar-refractivity contribution in [2.24, 2.45) is 0 Å². The second-order valence-corrected chi connectivity index (χ2v) is 3.52. The summed E-state index contributed by atoms with van der Waals surface area (Å²) in [5.74, 6) is -0.413. The number of carbonyl (C=O) groups is 1. The third-order valence-corrected chi connectivity index (χ3v) is 2.15. The predicted molar refractivity (Wildman–Crippen MR) is 61.6 cm³/mol. The van der Waals surface area contributed by atoms with Crippen LogP contribution in [0.5, 0.6) is 0 Å². The molecule has 1 aromatic carbocycles. The van der Waals surface area contributed by atoms with Crippen LogP contribution in [0.15, 0.2) is 30.3 Å². The highest BCUT2D eigenvalue weighted by Gasteiger charge is 2.02. The SMILES string of the molecule is CCOC(=O)C=C(Cl)c1cccc(C)c1. The van der Waals surface area contributed by atoms with Gasteiger partial charge in [0, 0.05) is 6.08 Å². The van der Waals surface area contributed by atoms with Gasteiger partial charge in [-0.15, -0.1) is 0 Å². The van der Waals surface area contributed by atoms with E-state index < -0.39 is 5.97 Å². The van der Waals surface area contributed by atoms with Gasteiger partial charge in [-0.3, -0.25) is 0 Å². The molecule has 0 aliphatic heterocycles. The van der Waals surface area contributed by atoms with E-state index in [-0.39, 0.29) is 0 Å². The van der Waals surface area contributed by atoms with Gasteiger partial charge in [0.15, 0.2) is 0 Å². The molecule has 0 saturated heterocycles. The fourth-order valence-corrected chi connectivity index (χ4v) is 1.37. The summed E-state index contributed by atoms with van der Waals surface area (Å²) >= 11 is 5.97. The Kier molecular flexibility index (Phi) is 4.37. The molecule has 80 valence electrons. The first kappa shape index (κ1) is 11.8. The Labute approximate surface area is 94.5 Å². The lowest BCUT2D eigenvalue weighted by Gasteiger charge is -2.01. The van der Waals surface area contributed by atoms with E-state index in [9.17, 15) is 4.79 Å². The van der Waals surface area contributed by atoms with E-state index >= 15 is 0 Å². The minimum atomic E-state index is -0.413. The zero-order chi connectivity index (χ0) is 11.3. The first-order valence-electron chi connectivity index (χ1n) is 4.74. The molecule has 0 radical (unpaired) electrons. The Bertz CT molecular complexity index is 383. The van der Waals surface area contributed by atoms with E-state index in [2.05, 4.69) is 0 Å². The van der Waals surface area contributed by atoms with Crippen LogP contribution in [0, 0.1) is 6.92 Å². The molecule has 0 saturated carbocycles. The number of rotatable bonds is 3. The van der Waals surface area contributed by atoms with Crippen LogP contribution in [0.1, 0.15) is 18.1 Å². The molecule has 2 nitrogen and oxygen atoms in total. The van der Waals surface area contributed by atoms with Crippen molar-refractivity contribution in [3.05, 3.63) is 41.5 Å². The molecule has 15 heavy (non-hydrogen) atoms. The van der Waals surface area contributed by atoms with Crippen LogP contribution in [-0.4, -0.2) is 12.6 Å². The molecule has 0 aliphatic rings. The summed E-state index contributed by atoms with van der Waals surface area (Å²) in [7, 11) is 0. The van der Waals surface area contributed by atoms with Crippen LogP contribution in [-0.2, 0) is 9.53 Å². The molecule has 0 fully saturated rings. The summed E-state index contributed by atoms with van der Waals surface area (Å²) in [5.41, 5.74) is 1.92. The Morgan fingerprint density at radius 1 is 1.53 bits per heavy atom. The molecular formula is C12H13ClO2. The lowest BCUT2D eigenvalue weighted by atomic mass is 10.1. The molecule has 0 atom stereocenters. The van der Waals surface area contributed by atoms with Crippen LogP contribution >= 0.6 is 11.6 Å². The quantitative estimate of drug-likeness (QED) is 0.583. The van der Waals surface area contributed by atoms with Gasteiger partial charge < -0.3 is 4.74 Å². The van der Waals surface area contributed by atoms with Crippen molar-refractivity contribution >= 4 is 22.6 Å². The van der Waals surface area contributed by atoms with Crippen molar-refractivity contribution in [1.29, 1.82) is 0 Å². The topological polar surface area (TPSA) is 26.3 Å². The predicted octanol–water partition coefficient (Wildman–Crippen LogP) is 3.14. The lowest BCUT2D eigenvalue weighted by Crippen LogP contribution is -1.99. The molecule has 0 heterocycles. The summed E-state index contributed by atoms with van der Waals surface area (Å²) in [6.45, 7) is 4.08. The van der Waals surface area contributed by atoms with E-state index in [1.54, 1.807) is 6.92 Å². The number of hydrogen-bond acceptors (Lipinski definition) is 2. The minimum Gasteiger partial charge on any atom is -0.463 e. The second kappa shape index (κ2) is 5.56. The number of esters is 1. The van der Waals surface area contributed by atoms with Gasteiger partial charge in [-0.05, 0) is 19.4 Å². The van der Waals surface area contributed by atoms with Crippen molar-refractivity contribution < 1.29 is 9.53 Å². The lowest BCUT2D eigenvalue weighted by molar-refractivity contribution is -0.137. The molecule has 0 spiro atoms. The van der Waals surface area contributed by atoms with Gasteiger partial charge in [0.05, 0.1) is 11.6 Å². The van der Waals surface area contributed by atoms with Crippen LogP contribution in [0.4, 0.5) is 0 Å². The van der Waals surface area contributed by atoms with Gasteiger partial charge in [-0.2, -0.15) is 0 Å². The summed E-state index contributed by atoms with van der Waals surface area (Å²) in [4.78, 5) is 11.1. The Morgan fingerprint density at radius 2 is 2.27 bits per heavy atom. The van der Waals surface area contributed by atoms with Crippen molar-refractivity contribution in [2.45, 2.75) is 13.8 Å². The first-order valence-corrected chi connectivity index (χ1v) is 5.12. The number of hydrogen-bond donors (Lipinski definition) is 0. The summed E-state index contributed by atoms with van der Waals surface area (Å²) in [5, 5.41) is 0.400. The monoisotopic (exact) mass is 224 g/mol. The average Bonchev–Trinajstić information content (AvgIpc) is 2.18. The molecule has 3 heteroatoms. The molecule has 1 rings (SSSR count). The molecule has 0 amide bonds. The zero-order valence-corrected chi connectivity index (χ0v) is 9.54. The number of aryl methyl sites for hydroxylation is 1. The maximum absolute atomic E-state index is 11.1. The van der Waals surface area contributed by atoms with E-state index in [0.29, 0.717) is 11.6 Å². The second-order valence-electron chi connectivity index (χ2n) is 3.11. The van der Waals surface area contributed by atoms with Gasteiger partial charge in [0.2, 0.25) is 0 Å². The molecule has 0 aromatic heterocycles. The first-order chi connectivity index (χ1) is 7.13. The van der Waals surface area contributed by atoms with Gasteiger partial charge >= 0.3 is 5.97 Å².